The normalized spacial score (nSPS) is 31.0. The SMILES string of the molecule is CCCCC1COC2(CC(C)(C)N(OC(C)c3ccc(OCC4CO4)cc3)C(CC)(CC)C2)O1. The minimum atomic E-state index is -0.513. The van der Waals surface area contributed by atoms with E-state index >= 15 is 0 Å². The molecule has 4 unspecified atom stereocenters. The zero-order chi connectivity index (χ0) is 24.4. The van der Waals surface area contributed by atoms with Gasteiger partial charge >= 0.3 is 0 Å². The van der Waals surface area contributed by atoms with Crippen LogP contribution in [-0.4, -0.2) is 54.0 Å². The number of nitrogens with zero attached hydrogens (tertiary/aromatic N) is 1. The Morgan fingerprint density at radius 1 is 1.03 bits per heavy atom. The first-order chi connectivity index (χ1) is 16.2. The number of benzene rings is 1. The van der Waals surface area contributed by atoms with Gasteiger partial charge in [0.25, 0.3) is 0 Å². The number of hydrogen-bond acceptors (Lipinski definition) is 6. The van der Waals surface area contributed by atoms with Gasteiger partial charge in [0.1, 0.15) is 24.6 Å². The second-order valence-electron chi connectivity index (χ2n) is 11.1. The Balaban J connectivity index is 1.47. The van der Waals surface area contributed by atoms with Crippen molar-refractivity contribution in [2.45, 2.75) is 122 Å². The van der Waals surface area contributed by atoms with Gasteiger partial charge < -0.3 is 18.9 Å². The fourth-order valence-corrected chi connectivity index (χ4v) is 5.83. The van der Waals surface area contributed by atoms with E-state index in [-0.39, 0.29) is 29.4 Å². The second kappa shape index (κ2) is 10.4. The number of rotatable bonds is 11. The summed E-state index contributed by atoms with van der Waals surface area (Å²) in [6.45, 7) is 15.6. The Morgan fingerprint density at radius 2 is 1.74 bits per heavy atom. The lowest BCUT2D eigenvalue weighted by Gasteiger charge is -2.59. The van der Waals surface area contributed by atoms with E-state index in [2.05, 4.69) is 58.7 Å². The molecule has 3 aliphatic heterocycles. The van der Waals surface area contributed by atoms with Crippen LogP contribution in [0.15, 0.2) is 24.3 Å². The Bertz CT molecular complexity index is 788. The third-order valence-electron chi connectivity index (χ3n) is 7.84. The number of ether oxygens (including phenoxy) is 4. The molecule has 4 atom stereocenters. The molecule has 1 aromatic rings. The van der Waals surface area contributed by atoms with Crippen molar-refractivity contribution < 1.29 is 23.8 Å². The molecule has 0 aromatic heterocycles. The molecule has 1 spiro atoms. The van der Waals surface area contributed by atoms with Crippen LogP contribution in [0.5, 0.6) is 5.75 Å². The van der Waals surface area contributed by atoms with Gasteiger partial charge in [-0.05, 0) is 57.7 Å². The quantitative estimate of drug-likeness (QED) is 0.356. The van der Waals surface area contributed by atoms with E-state index < -0.39 is 5.79 Å². The molecular formula is C28H45NO5. The molecule has 0 aliphatic carbocycles. The smallest absolute Gasteiger partial charge is 0.172 e. The number of epoxide rings is 1. The molecule has 3 heterocycles. The Hall–Kier alpha value is -1.18. The first kappa shape index (κ1) is 25.9. The fraction of sp³-hybridized carbons (Fsp3) is 0.786. The number of piperidine rings is 1. The highest BCUT2D eigenvalue weighted by atomic mass is 16.7. The van der Waals surface area contributed by atoms with Crippen LogP contribution in [0.25, 0.3) is 0 Å². The van der Waals surface area contributed by atoms with E-state index in [0.717, 1.165) is 50.0 Å². The van der Waals surface area contributed by atoms with Crippen LogP contribution in [-0.2, 0) is 19.0 Å². The summed E-state index contributed by atoms with van der Waals surface area (Å²) in [6.07, 6.45) is 7.43. The van der Waals surface area contributed by atoms with Crippen molar-refractivity contribution in [1.82, 2.24) is 5.06 Å². The summed E-state index contributed by atoms with van der Waals surface area (Å²) in [7, 11) is 0. The summed E-state index contributed by atoms with van der Waals surface area (Å²) >= 11 is 0. The largest absolute Gasteiger partial charge is 0.491 e. The maximum atomic E-state index is 6.79. The van der Waals surface area contributed by atoms with Gasteiger partial charge in [0, 0.05) is 18.4 Å². The molecule has 1 aromatic carbocycles. The highest BCUT2D eigenvalue weighted by molar-refractivity contribution is 5.28. The zero-order valence-electron chi connectivity index (χ0n) is 22.1. The Labute approximate surface area is 206 Å². The van der Waals surface area contributed by atoms with Crippen LogP contribution >= 0.6 is 0 Å². The average molecular weight is 476 g/mol. The highest BCUT2D eigenvalue weighted by Gasteiger charge is 2.59. The summed E-state index contributed by atoms with van der Waals surface area (Å²) in [5.74, 6) is 0.359. The third-order valence-corrected chi connectivity index (χ3v) is 7.84. The van der Waals surface area contributed by atoms with Crippen LogP contribution < -0.4 is 4.74 Å². The van der Waals surface area contributed by atoms with Crippen molar-refractivity contribution in [2.24, 2.45) is 0 Å². The summed E-state index contributed by atoms with van der Waals surface area (Å²) in [5.41, 5.74) is 0.759. The summed E-state index contributed by atoms with van der Waals surface area (Å²) < 4.78 is 24.1. The Morgan fingerprint density at radius 3 is 2.35 bits per heavy atom. The molecule has 3 saturated heterocycles. The maximum Gasteiger partial charge on any atom is 0.172 e. The van der Waals surface area contributed by atoms with Crippen molar-refractivity contribution in [2.75, 3.05) is 19.8 Å². The summed E-state index contributed by atoms with van der Waals surface area (Å²) in [6, 6.07) is 8.26. The molecule has 3 aliphatic rings. The lowest BCUT2D eigenvalue weighted by molar-refractivity contribution is -0.359. The first-order valence-corrected chi connectivity index (χ1v) is 13.4. The van der Waals surface area contributed by atoms with Crippen LogP contribution in [0.3, 0.4) is 0 Å². The van der Waals surface area contributed by atoms with Crippen molar-refractivity contribution in [3.05, 3.63) is 29.8 Å². The monoisotopic (exact) mass is 475 g/mol. The topological polar surface area (TPSA) is 52.7 Å². The van der Waals surface area contributed by atoms with Crippen molar-refractivity contribution in [3.63, 3.8) is 0 Å². The highest BCUT2D eigenvalue weighted by Crippen LogP contribution is 2.52. The number of hydroxylamine groups is 2. The van der Waals surface area contributed by atoms with E-state index in [1.54, 1.807) is 0 Å². The predicted molar refractivity (Wildman–Crippen MR) is 133 cm³/mol. The van der Waals surface area contributed by atoms with Gasteiger partial charge in [-0.1, -0.05) is 45.7 Å². The molecule has 0 bridgehead atoms. The molecule has 192 valence electrons. The van der Waals surface area contributed by atoms with Crippen LogP contribution in [0.1, 0.15) is 98.2 Å². The van der Waals surface area contributed by atoms with Gasteiger partial charge in [0.15, 0.2) is 5.79 Å². The maximum absolute atomic E-state index is 6.79. The van der Waals surface area contributed by atoms with Crippen LogP contribution in [0, 0.1) is 0 Å². The van der Waals surface area contributed by atoms with Crippen molar-refractivity contribution in [3.8, 4) is 5.75 Å². The van der Waals surface area contributed by atoms with Gasteiger partial charge in [-0.3, -0.25) is 4.84 Å². The fourth-order valence-electron chi connectivity index (χ4n) is 5.83. The molecule has 0 radical (unpaired) electrons. The molecule has 6 heteroatoms. The molecule has 6 nitrogen and oxygen atoms in total. The summed E-state index contributed by atoms with van der Waals surface area (Å²) in [5, 5.41) is 2.29. The lowest BCUT2D eigenvalue weighted by atomic mass is 9.73. The molecule has 0 amide bonds. The number of hydrogen-bond donors (Lipinski definition) is 0. The molecule has 0 N–H and O–H groups in total. The molecule has 34 heavy (non-hydrogen) atoms. The van der Waals surface area contributed by atoms with E-state index in [1.165, 1.54) is 12.8 Å². The Kier molecular flexibility index (Phi) is 7.95. The van der Waals surface area contributed by atoms with Gasteiger partial charge in [0.05, 0.1) is 24.9 Å². The average Bonchev–Trinajstić information content (AvgIpc) is 3.58. The standard InChI is InChI=1S/C28H45NO5/c1-7-10-11-24-18-32-28(33-24)19-26(5,6)29(27(8-2,9-3)20-28)34-21(4)22-12-14-23(15-13-22)30-16-25-17-31-25/h12-15,21,24-25H,7-11,16-20H2,1-6H3. The third kappa shape index (κ3) is 5.62. The lowest BCUT2D eigenvalue weighted by Crippen LogP contribution is -2.67. The van der Waals surface area contributed by atoms with Crippen molar-refractivity contribution in [1.29, 1.82) is 0 Å². The van der Waals surface area contributed by atoms with Crippen molar-refractivity contribution >= 4 is 0 Å². The van der Waals surface area contributed by atoms with E-state index in [1.807, 2.05) is 12.1 Å². The zero-order valence-corrected chi connectivity index (χ0v) is 22.1. The summed E-state index contributed by atoms with van der Waals surface area (Å²) in [4.78, 5) is 6.79. The minimum Gasteiger partial charge on any atom is -0.491 e. The van der Waals surface area contributed by atoms with Gasteiger partial charge in [0.2, 0.25) is 0 Å². The first-order valence-electron chi connectivity index (χ1n) is 13.4. The molecule has 0 saturated carbocycles. The van der Waals surface area contributed by atoms with E-state index in [4.69, 9.17) is 23.8 Å². The number of unbranched alkanes of at least 4 members (excludes halogenated alkanes) is 1. The van der Waals surface area contributed by atoms with E-state index in [0.29, 0.717) is 13.2 Å². The van der Waals surface area contributed by atoms with Gasteiger partial charge in [-0.2, -0.15) is 5.06 Å². The predicted octanol–water partition coefficient (Wildman–Crippen LogP) is 6.19. The van der Waals surface area contributed by atoms with Gasteiger partial charge in [-0.25, -0.2) is 0 Å². The second-order valence-corrected chi connectivity index (χ2v) is 11.1. The van der Waals surface area contributed by atoms with Gasteiger partial charge in [-0.15, -0.1) is 0 Å². The van der Waals surface area contributed by atoms with E-state index in [9.17, 15) is 0 Å². The van der Waals surface area contributed by atoms with Crippen LogP contribution in [0.2, 0.25) is 0 Å². The van der Waals surface area contributed by atoms with Crippen LogP contribution in [0.4, 0.5) is 0 Å². The minimum absolute atomic E-state index is 0.0747. The molecule has 3 fully saturated rings. The molecular weight excluding hydrogens is 430 g/mol. The molecule has 4 rings (SSSR count).